The maximum atomic E-state index is 12.0. The molecule has 1 aliphatic heterocycles. The van der Waals surface area contributed by atoms with Crippen molar-refractivity contribution < 1.29 is 14.6 Å². The van der Waals surface area contributed by atoms with Crippen LogP contribution in [0.4, 0.5) is 16.3 Å². The van der Waals surface area contributed by atoms with Crippen LogP contribution < -0.4 is 16.0 Å². The van der Waals surface area contributed by atoms with Gasteiger partial charge in [-0.05, 0) is 45.4 Å². The number of amides is 1. The van der Waals surface area contributed by atoms with Crippen LogP contribution in [0.1, 0.15) is 27.2 Å². The number of aromatic hydroxyl groups is 1. The summed E-state index contributed by atoms with van der Waals surface area (Å²) in [7, 11) is 0. The lowest BCUT2D eigenvalue weighted by Crippen LogP contribution is -2.40. The molecule has 9 heteroatoms. The second-order valence-corrected chi connectivity index (χ2v) is 8.49. The van der Waals surface area contributed by atoms with Crippen LogP contribution in [-0.2, 0) is 4.74 Å². The molecule has 4 rings (SSSR count). The van der Waals surface area contributed by atoms with Crippen molar-refractivity contribution >= 4 is 23.1 Å². The minimum Gasteiger partial charge on any atom is -0.506 e. The van der Waals surface area contributed by atoms with Gasteiger partial charge in [0.25, 0.3) is 0 Å². The molecule has 0 spiro atoms. The van der Waals surface area contributed by atoms with E-state index in [1.54, 1.807) is 23.0 Å². The molecular weight excluding hydrogens is 384 g/mol. The molecule has 1 amide bonds. The van der Waals surface area contributed by atoms with Crippen molar-refractivity contribution in [2.45, 2.75) is 38.8 Å². The average molecular weight is 410 g/mol. The highest BCUT2D eigenvalue weighted by atomic mass is 16.6. The minimum absolute atomic E-state index is 0.0194. The number of pyridine rings is 2. The number of aromatic nitrogens is 3. The number of carbonyl (C=O) groups excluding carboxylic acids is 1. The zero-order chi connectivity index (χ0) is 21.5. The predicted octanol–water partition coefficient (Wildman–Crippen LogP) is 2.79. The van der Waals surface area contributed by atoms with Crippen molar-refractivity contribution in [3.63, 3.8) is 0 Å². The number of rotatable bonds is 3. The Bertz CT molecular complexity index is 1070. The van der Waals surface area contributed by atoms with Crippen LogP contribution in [-0.4, -0.2) is 50.5 Å². The first-order chi connectivity index (χ1) is 14.2. The molecule has 9 nitrogen and oxygen atoms in total. The molecule has 4 heterocycles. The van der Waals surface area contributed by atoms with Gasteiger partial charge in [-0.2, -0.15) is 5.10 Å². The van der Waals surface area contributed by atoms with Crippen LogP contribution in [0.3, 0.4) is 0 Å². The summed E-state index contributed by atoms with van der Waals surface area (Å²) in [4.78, 5) is 18.7. The number of nitrogens with two attached hydrogens (primary N) is 1. The Morgan fingerprint density at radius 3 is 2.80 bits per heavy atom. The van der Waals surface area contributed by atoms with E-state index in [0.29, 0.717) is 17.7 Å². The summed E-state index contributed by atoms with van der Waals surface area (Å²) in [5.74, 6) is 0.906. The Morgan fingerprint density at radius 2 is 2.10 bits per heavy atom. The molecule has 158 valence electrons. The van der Waals surface area contributed by atoms with Gasteiger partial charge in [-0.1, -0.05) is 0 Å². The number of hydrogen-bond donors (Lipinski definition) is 3. The lowest BCUT2D eigenvalue weighted by Gasteiger charge is -2.22. The third-order valence-corrected chi connectivity index (χ3v) is 4.93. The number of ether oxygens (including phenoxy) is 1. The van der Waals surface area contributed by atoms with Gasteiger partial charge >= 0.3 is 6.09 Å². The summed E-state index contributed by atoms with van der Waals surface area (Å²) in [6, 6.07) is 5.56. The van der Waals surface area contributed by atoms with Gasteiger partial charge in [0.1, 0.15) is 22.7 Å². The summed E-state index contributed by atoms with van der Waals surface area (Å²) < 4.78 is 6.88. The lowest BCUT2D eigenvalue weighted by atomic mass is 10.1. The van der Waals surface area contributed by atoms with E-state index in [9.17, 15) is 9.90 Å². The van der Waals surface area contributed by atoms with Crippen LogP contribution in [0.5, 0.6) is 5.75 Å². The number of hydrogen-bond acceptors (Lipinski definition) is 7. The van der Waals surface area contributed by atoms with Gasteiger partial charge in [-0.3, -0.25) is 0 Å². The Kier molecular flexibility index (Phi) is 4.89. The van der Waals surface area contributed by atoms with E-state index < -0.39 is 11.7 Å². The molecule has 1 aliphatic rings. The number of nitrogen functional groups attached to an aromatic ring is 1. The number of carbonyl (C=O) groups is 1. The van der Waals surface area contributed by atoms with Gasteiger partial charge < -0.3 is 25.8 Å². The molecule has 0 saturated carbocycles. The summed E-state index contributed by atoms with van der Waals surface area (Å²) in [5, 5.41) is 17.3. The van der Waals surface area contributed by atoms with E-state index in [2.05, 4.69) is 20.3 Å². The van der Waals surface area contributed by atoms with Gasteiger partial charge in [-0.25, -0.2) is 14.3 Å². The van der Waals surface area contributed by atoms with E-state index in [0.717, 1.165) is 29.9 Å². The first-order valence-electron chi connectivity index (χ1n) is 9.86. The monoisotopic (exact) mass is 410 g/mol. The Hall–Kier alpha value is -3.49. The maximum Gasteiger partial charge on any atom is 0.407 e. The minimum atomic E-state index is -0.515. The molecule has 3 aromatic rings. The summed E-state index contributed by atoms with van der Waals surface area (Å²) in [6.07, 6.45) is 5.51. The van der Waals surface area contributed by atoms with E-state index in [1.807, 2.05) is 32.9 Å². The second-order valence-electron chi connectivity index (χ2n) is 8.49. The molecule has 3 aromatic heterocycles. The normalized spacial score (nSPS) is 16.8. The van der Waals surface area contributed by atoms with Gasteiger partial charge in [0.05, 0.1) is 17.9 Å². The molecule has 0 radical (unpaired) electrons. The fourth-order valence-corrected chi connectivity index (χ4v) is 3.59. The molecular formula is C21H26N6O3. The van der Waals surface area contributed by atoms with Crippen molar-refractivity contribution in [2.24, 2.45) is 0 Å². The molecule has 0 aromatic carbocycles. The largest absolute Gasteiger partial charge is 0.506 e. The van der Waals surface area contributed by atoms with Crippen LogP contribution in [0.15, 0.2) is 36.8 Å². The van der Waals surface area contributed by atoms with Gasteiger partial charge in [0, 0.05) is 36.6 Å². The Morgan fingerprint density at radius 1 is 1.30 bits per heavy atom. The van der Waals surface area contributed by atoms with Crippen LogP contribution in [0.2, 0.25) is 0 Å². The highest BCUT2D eigenvalue weighted by Gasteiger charge is 2.26. The fraction of sp³-hybridized carbons (Fsp3) is 0.381. The number of nitrogens with zero attached hydrogens (tertiary/aromatic N) is 4. The predicted molar refractivity (Wildman–Crippen MR) is 114 cm³/mol. The highest BCUT2D eigenvalue weighted by Crippen LogP contribution is 2.30. The fourth-order valence-electron chi connectivity index (χ4n) is 3.59. The lowest BCUT2D eigenvalue weighted by molar-refractivity contribution is 0.0509. The van der Waals surface area contributed by atoms with Crippen molar-refractivity contribution in [1.29, 1.82) is 0 Å². The standard InChI is InChI=1S/C21H26N6O3/c1-21(2,3)30-20(29)25-15-6-7-26(12-15)18-5-4-13(9-23-18)14-8-17(28)19-16(22)10-24-27(19)11-14/h4-5,8-11,15,28H,6-7,12,22H2,1-3H3,(H,25,29)/t15-/m1/s1. The van der Waals surface area contributed by atoms with E-state index in [1.165, 1.54) is 6.20 Å². The van der Waals surface area contributed by atoms with E-state index in [4.69, 9.17) is 10.5 Å². The summed E-state index contributed by atoms with van der Waals surface area (Å²) in [6.45, 7) is 7.00. The third kappa shape index (κ3) is 4.10. The van der Waals surface area contributed by atoms with Gasteiger partial charge in [0.2, 0.25) is 0 Å². The molecule has 1 fully saturated rings. The van der Waals surface area contributed by atoms with E-state index >= 15 is 0 Å². The first-order valence-corrected chi connectivity index (χ1v) is 9.86. The summed E-state index contributed by atoms with van der Waals surface area (Å²) >= 11 is 0. The van der Waals surface area contributed by atoms with Gasteiger partial charge in [-0.15, -0.1) is 0 Å². The number of fused-ring (bicyclic) bond motifs is 1. The average Bonchev–Trinajstić information content (AvgIpc) is 3.27. The van der Waals surface area contributed by atoms with Gasteiger partial charge in [0.15, 0.2) is 0 Å². The zero-order valence-corrected chi connectivity index (χ0v) is 17.3. The number of anilines is 2. The van der Waals surface area contributed by atoms with Crippen LogP contribution in [0.25, 0.3) is 16.6 Å². The quantitative estimate of drug-likeness (QED) is 0.607. The Balaban J connectivity index is 1.44. The smallest absolute Gasteiger partial charge is 0.407 e. The molecule has 0 aliphatic carbocycles. The maximum absolute atomic E-state index is 12.0. The topological polar surface area (TPSA) is 118 Å². The van der Waals surface area contributed by atoms with Crippen molar-refractivity contribution in [2.75, 3.05) is 23.7 Å². The van der Waals surface area contributed by atoms with Crippen LogP contribution >= 0.6 is 0 Å². The molecule has 4 N–H and O–H groups in total. The van der Waals surface area contributed by atoms with Crippen molar-refractivity contribution in [3.05, 3.63) is 36.8 Å². The number of alkyl carbamates (subject to hydrolysis) is 1. The SMILES string of the molecule is CC(C)(C)OC(=O)N[C@@H]1CCN(c2ccc(-c3cc(O)c4c(N)cnn4c3)cn2)C1. The second kappa shape index (κ2) is 7.40. The Labute approximate surface area is 174 Å². The molecule has 1 saturated heterocycles. The third-order valence-electron chi connectivity index (χ3n) is 4.93. The van der Waals surface area contributed by atoms with Crippen molar-refractivity contribution in [1.82, 2.24) is 19.9 Å². The molecule has 0 bridgehead atoms. The zero-order valence-electron chi connectivity index (χ0n) is 17.3. The van der Waals surface area contributed by atoms with Crippen molar-refractivity contribution in [3.8, 4) is 16.9 Å². The molecule has 30 heavy (non-hydrogen) atoms. The summed E-state index contributed by atoms with van der Waals surface area (Å²) in [5.41, 5.74) is 7.87. The van der Waals surface area contributed by atoms with E-state index in [-0.39, 0.29) is 11.8 Å². The van der Waals surface area contributed by atoms with Crippen LogP contribution in [0, 0.1) is 0 Å². The molecule has 0 unspecified atom stereocenters. The number of nitrogens with one attached hydrogen (secondary N) is 1. The molecule has 1 atom stereocenters. The first kappa shape index (κ1) is 19.8. The highest BCUT2D eigenvalue weighted by molar-refractivity contribution is 5.79.